The van der Waals surface area contributed by atoms with Crippen LogP contribution in [0.1, 0.15) is 51.5 Å². The van der Waals surface area contributed by atoms with E-state index >= 15 is 0 Å². The van der Waals surface area contributed by atoms with Gasteiger partial charge in [0.05, 0.1) is 12.6 Å². The molecule has 1 saturated carbocycles. The molecule has 2 rings (SSSR count). The summed E-state index contributed by atoms with van der Waals surface area (Å²) in [7, 11) is 0. The number of carbonyl (C=O) groups is 2. The van der Waals surface area contributed by atoms with E-state index in [0.717, 1.165) is 25.7 Å². The number of rotatable bonds is 7. The zero-order valence-corrected chi connectivity index (χ0v) is 16.4. The van der Waals surface area contributed by atoms with Gasteiger partial charge < -0.3 is 16.4 Å². The quantitative estimate of drug-likeness (QED) is 0.681. The summed E-state index contributed by atoms with van der Waals surface area (Å²) in [5.41, 5.74) is 6.95. The largest absolute Gasteiger partial charge is 0.354 e. The Labute approximate surface area is 161 Å². The number of hydrogen-bond donors (Lipinski definition) is 3. The van der Waals surface area contributed by atoms with Gasteiger partial charge in [-0.3, -0.25) is 9.59 Å². The molecular weight excluding hydrogens is 350 g/mol. The number of halogens is 1. The van der Waals surface area contributed by atoms with Crippen LogP contribution in [-0.4, -0.2) is 30.9 Å². The van der Waals surface area contributed by atoms with Gasteiger partial charge in [0, 0.05) is 17.0 Å². The Hall–Kier alpha value is -1.59. The van der Waals surface area contributed by atoms with E-state index < -0.39 is 6.04 Å². The summed E-state index contributed by atoms with van der Waals surface area (Å²) in [6, 6.07) is 7.33. The van der Waals surface area contributed by atoms with Gasteiger partial charge in [-0.1, -0.05) is 56.8 Å². The predicted octanol–water partition coefficient (Wildman–Crippen LogP) is 2.76. The van der Waals surface area contributed by atoms with Gasteiger partial charge in [0.1, 0.15) is 0 Å². The van der Waals surface area contributed by atoms with E-state index in [1.165, 1.54) is 12.0 Å². The van der Waals surface area contributed by atoms with Crippen LogP contribution in [0.25, 0.3) is 0 Å². The molecule has 5 nitrogen and oxygen atoms in total. The summed E-state index contributed by atoms with van der Waals surface area (Å²) in [6.07, 6.45) is 5.61. The first-order valence-corrected chi connectivity index (χ1v) is 9.78. The fraction of sp³-hybridized carbons (Fsp3) is 0.600. The van der Waals surface area contributed by atoms with Gasteiger partial charge in [-0.05, 0) is 36.5 Å². The first-order chi connectivity index (χ1) is 12.3. The Kier molecular flexibility index (Phi) is 7.47. The van der Waals surface area contributed by atoms with Crippen LogP contribution >= 0.6 is 11.6 Å². The van der Waals surface area contributed by atoms with Crippen molar-refractivity contribution in [2.75, 3.05) is 13.1 Å². The average molecular weight is 380 g/mol. The first-order valence-electron chi connectivity index (χ1n) is 9.40. The lowest BCUT2D eigenvalue weighted by Crippen LogP contribution is -2.49. The maximum atomic E-state index is 12.2. The number of nitrogens with two attached hydrogens (primary N) is 1. The molecule has 1 atom stereocenters. The molecule has 2 amide bonds. The van der Waals surface area contributed by atoms with Gasteiger partial charge in [-0.15, -0.1) is 0 Å². The highest BCUT2D eigenvalue weighted by Crippen LogP contribution is 2.39. The lowest BCUT2D eigenvalue weighted by molar-refractivity contribution is -0.127. The van der Waals surface area contributed by atoms with Crippen LogP contribution in [0.3, 0.4) is 0 Å². The molecule has 0 radical (unpaired) electrons. The van der Waals surface area contributed by atoms with Crippen molar-refractivity contribution >= 4 is 23.4 Å². The Morgan fingerprint density at radius 2 is 1.73 bits per heavy atom. The molecular formula is C20H30ClN3O2. The summed E-state index contributed by atoms with van der Waals surface area (Å²) < 4.78 is 0. The molecule has 1 aromatic rings. The smallest absolute Gasteiger partial charge is 0.239 e. The number of amides is 2. The lowest BCUT2D eigenvalue weighted by Gasteiger charge is -2.38. The molecule has 0 spiro atoms. The Morgan fingerprint density at radius 1 is 1.12 bits per heavy atom. The van der Waals surface area contributed by atoms with Gasteiger partial charge in [0.25, 0.3) is 0 Å². The van der Waals surface area contributed by atoms with Gasteiger partial charge >= 0.3 is 0 Å². The van der Waals surface area contributed by atoms with Crippen LogP contribution < -0.4 is 16.4 Å². The topological polar surface area (TPSA) is 84.2 Å². The SMILES string of the molecule is CC(C)[C@H](N)C(=O)NCC(=O)NCC1(c2ccc(Cl)cc2)CCCCC1. The fourth-order valence-corrected chi connectivity index (χ4v) is 3.64. The van der Waals surface area contributed by atoms with E-state index in [2.05, 4.69) is 22.8 Å². The second kappa shape index (κ2) is 9.38. The van der Waals surface area contributed by atoms with Crippen LogP contribution in [0, 0.1) is 5.92 Å². The number of hydrogen-bond acceptors (Lipinski definition) is 3. The van der Waals surface area contributed by atoms with Crippen molar-refractivity contribution in [3.05, 3.63) is 34.9 Å². The van der Waals surface area contributed by atoms with E-state index in [0.29, 0.717) is 11.6 Å². The van der Waals surface area contributed by atoms with Crippen molar-refractivity contribution in [1.82, 2.24) is 10.6 Å². The van der Waals surface area contributed by atoms with Crippen molar-refractivity contribution in [3.63, 3.8) is 0 Å². The van der Waals surface area contributed by atoms with E-state index in [9.17, 15) is 9.59 Å². The zero-order chi connectivity index (χ0) is 19.2. The average Bonchev–Trinajstić information content (AvgIpc) is 2.65. The minimum atomic E-state index is -0.596. The third kappa shape index (κ3) is 5.45. The molecule has 144 valence electrons. The standard InChI is InChI=1S/C20H30ClN3O2/c1-14(2)18(22)19(26)23-12-17(25)24-13-20(10-4-3-5-11-20)15-6-8-16(21)9-7-15/h6-9,14,18H,3-5,10-13,22H2,1-2H3,(H,23,26)(H,24,25)/t18-/m0/s1. The summed E-state index contributed by atoms with van der Waals surface area (Å²) in [5.74, 6) is -0.443. The number of carbonyl (C=O) groups excluding carboxylic acids is 2. The van der Waals surface area contributed by atoms with Crippen molar-refractivity contribution in [2.45, 2.75) is 57.4 Å². The third-order valence-electron chi connectivity index (χ3n) is 5.34. The molecule has 1 aromatic carbocycles. The molecule has 6 heteroatoms. The fourth-order valence-electron chi connectivity index (χ4n) is 3.52. The molecule has 0 aromatic heterocycles. The van der Waals surface area contributed by atoms with E-state index in [1.807, 2.05) is 26.0 Å². The number of nitrogens with one attached hydrogen (secondary N) is 2. The molecule has 0 bridgehead atoms. The summed E-state index contributed by atoms with van der Waals surface area (Å²) in [6.45, 7) is 4.28. The highest BCUT2D eigenvalue weighted by molar-refractivity contribution is 6.30. The summed E-state index contributed by atoms with van der Waals surface area (Å²) in [4.78, 5) is 24.1. The molecule has 0 saturated heterocycles. The Morgan fingerprint density at radius 3 is 2.31 bits per heavy atom. The molecule has 1 fully saturated rings. The minimum absolute atomic E-state index is 0.0356. The second-order valence-electron chi connectivity index (χ2n) is 7.61. The van der Waals surface area contributed by atoms with Gasteiger partial charge in [-0.25, -0.2) is 0 Å². The first kappa shape index (κ1) is 20.7. The van der Waals surface area contributed by atoms with Gasteiger partial charge in [-0.2, -0.15) is 0 Å². The van der Waals surface area contributed by atoms with E-state index in [-0.39, 0.29) is 29.7 Å². The lowest BCUT2D eigenvalue weighted by atomic mass is 9.69. The highest BCUT2D eigenvalue weighted by Gasteiger charge is 2.34. The van der Waals surface area contributed by atoms with Crippen molar-refractivity contribution in [2.24, 2.45) is 11.7 Å². The summed E-state index contributed by atoms with van der Waals surface area (Å²) >= 11 is 6.02. The Balaban J connectivity index is 1.94. The monoisotopic (exact) mass is 379 g/mol. The van der Waals surface area contributed by atoms with E-state index in [4.69, 9.17) is 17.3 Å². The van der Waals surface area contributed by atoms with Crippen LogP contribution in [-0.2, 0) is 15.0 Å². The maximum Gasteiger partial charge on any atom is 0.239 e. The predicted molar refractivity (Wildman–Crippen MR) is 105 cm³/mol. The van der Waals surface area contributed by atoms with Crippen LogP contribution in [0.15, 0.2) is 24.3 Å². The molecule has 1 aliphatic rings. The third-order valence-corrected chi connectivity index (χ3v) is 5.59. The minimum Gasteiger partial charge on any atom is -0.354 e. The molecule has 1 aliphatic carbocycles. The van der Waals surface area contributed by atoms with Gasteiger partial charge in [0.15, 0.2) is 0 Å². The highest BCUT2D eigenvalue weighted by atomic mass is 35.5. The van der Waals surface area contributed by atoms with Gasteiger partial charge in [0.2, 0.25) is 11.8 Å². The van der Waals surface area contributed by atoms with Crippen molar-refractivity contribution in [3.8, 4) is 0 Å². The van der Waals surface area contributed by atoms with Crippen molar-refractivity contribution < 1.29 is 9.59 Å². The molecule has 4 N–H and O–H groups in total. The number of benzene rings is 1. The van der Waals surface area contributed by atoms with Crippen LogP contribution in [0.2, 0.25) is 5.02 Å². The van der Waals surface area contributed by atoms with E-state index in [1.54, 1.807) is 0 Å². The van der Waals surface area contributed by atoms with Crippen LogP contribution in [0.5, 0.6) is 0 Å². The van der Waals surface area contributed by atoms with Crippen molar-refractivity contribution in [1.29, 1.82) is 0 Å². The molecule has 0 heterocycles. The molecule has 0 unspecified atom stereocenters. The summed E-state index contributed by atoms with van der Waals surface area (Å²) in [5, 5.41) is 6.34. The zero-order valence-electron chi connectivity index (χ0n) is 15.7. The molecule has 0 aliphatic heterocycles. The Bertz CT molecular complexity index is 610. The second-order valence-corrected chi connectivity index (χ2v) is 8.05. The maximum absolute atomic E-state index is 12.2. The van der Waals surface area contributed by atoms with Crippen LogP contribution in [0.4, 0.5) is 0 Å². The normalized spacial score (nSPS) is 17.6. The molecule has 26 heavy (non-hydrogen) atoms.